The van der Waals surface area contributed by atoms with E-state index < -0.39 is 0 Å². The first-order valence-corrected chi connectivity index (χ1v) is 7.64. The normalized spacial score (nSPS) is 16.6. The molecule has 2 aromatic heterocycles. The predicted molar refractivity (Wildman–Crippen MR) is 74.6 cm³/mol. The summed E-state index contributed by atoms with van der Waals surface area (Å²) in [5.74, 6) is 2.93. The molecule has 0 aliphatic carbocycles. The van der Waals surface area contributed by atoms with Gasteiger partial charge in [-0.3, -0.25) is 4.79 Å². The molecular weight excluding hydrogens is 254 g/mol. The second-order valence-electron chi connectivity index (χ2n) is 4.13. The maximum Gasteiger partial charge on any atom is 0.204 e. The summed E-state index contributed by atoms with van der Waals surface area (Å²) in [7, 11) is 0. The third kappa shape index (κ3) is 1.98. The van der Waals surface area contributed by atoms with Gasteiger partial charge in [-0.1, -0.05) is 0 Å². The number of nitrogens with zero attached hydrogens (tertiary/aromatic N) is 1. The van der Waals surface area contributed by atoms with Gasteiger partial charge < -0.3 is 9.32 Å². The van der Waals surface area contributed by atoms with E-state index >= 15 is 0 Å². The van der Waals surface area contributed by atoms with Gasteiger partial charge in [0.05, 0.1) is 0 Å². The van der Waals surface area contributed by atoms with Crippen molar-refractivity contribution in [1.29, 1.82) is 0 Å². The van der Waals surface area contributed by atoms with Crippen molar-refractivity contribution in [2.24, 2.45) is 0 Å². The fraction of sp³-hybridized carbons (Fsp3) is 0.417. The average Bonchev–Trinajstić information content (AvgIpc) is 2.73. The van der Waals surface area contributed by atoms with Crippen LogP contribution in [0.3, 0.4) is 0 Å². The number of hydrogen-bond acceptors (Lipinski definition) is 5. The number of aryl methyl sites for hydroxylation is 1. The van der Waals surface area contributed by atoms with Gasteiger partial charge in [0.2, 0.25) is 5.43 Å². The van der Waals surface area contributed by atoms with Gasteiger partial charge in [0, 0.05) is 36.2 Å². The van der Waals surface area contributed by atoms with E-state index in [2.05, 4.69) is 4.90 Å². The molecule has 0 saturated carbocycles. The zero-order valence-corrected chi connectivity index (χ0v) is 11.2. The minimum absolute atomic E-state index is 0.0811. The monoisotopic (exact) mass is 267 g/mol. The number of hydrogen-bond donors (Lipinski definition) is 0. The average molecular weight is 267 g/mol. The van der Waals surface area contributed by atoms with Crippen LogP contribution in [0.2, 0.25) is 0 Å². The molecule has 90 valence electrons. The van der Waals surface area contributed by atoms with E-state index in [0.717, 1.165) is 46.3 Å². The van der Waals surface area contributed by atoms with Crippen molar-refractivity contribution >= 4 is 39.3 Å². The van der Waals surface area contributed by atoms with Crippen LogP contribution in [0, 0.1) is 6.92 Å². The largest absolute Gasteiger partial charge is 0.439 e. The fourth-order valence-electron chi connectivity index (χ4n) is 1.98. The number of thiophene rings is 1. The molecule has 0 unspecified atom stereocenters. The van der Waals surface area contributed by atoms with Gasteiger partial charge >= 0.3 is 0 Å². The molecule has 0 amide bonds. The van der Waals surface area contributed by atoms with E-state index in [9.17, 15) is 4.79 Å². The summed E-state index contributed by atoms with van der Waals surface area (Å²) in [6.45, 7) is 3.90. The molecule has 0 radical (unpaired) electrons. The van der Waals surface area contributed by atoms with E-state index in [4.69, 9.17) is 4.42 Å². The SMILES string of the molecule is Cc1csc2c(=O)cc(N3CCSCC3)oc12. The summed E-state index contributed by atoms with van der Waals surface area (Å²) in [6.07, 6.45) is 0. The van der Waals surface area contributed by atoms with Gasteiger partial charge in [-0.25, -0.2) is 0 Å². The summed E-state index contributed by atoms with van der Waals surface area (Å²) in [4.78, 5) is 14.1. The maximum absolute atomic E-state index is 12.0. The molecule has 0 spiro atoms. The second-order valence-corrected chi connectivity index (χ2v) is 6.23. The molecular formula is C12H13NO2S2. The van der Waals surface area contributed by atoms with E-state index in [0.29, 0.717) is 0 Å². The zero-order valence-electron chi connectivity index (χ0n) is 9.56. The molecule has 2 aromatic rings. The standard InChI is InChI=1S/C12H13NO2S2/c1-8-7-17-12-9(14)6-10(15-11(8)12)13-2-4-16-5-3-13/h6-7H,2-5H2,1H3. The van der Waals surface area contributed by atoms with Crippen LogP contribution in [0.15, 0.2) is 20.7 Å². The number of fused-ring (bicyclic) bond motifs is 1. The van der Waals surface area contributed by atoms with Crippen LogP contribution in [-0.4, -0.2) is 24.6 Å². The molecule has 0 N–H and O–H groups in total. The Morgan fingerprint density at radius 1 is 1.35 bits per heavy atom. The van der Waals surface area contributed by atoms with Gasteiger partial charge in [-0.2, -0.15) is 11.8 Å². The van der Waals surface area contributed by atoms with Crippen LogP contribution in [0.25, 0.3) is 10.3 Å². The molecule has 0 bridgehead atoms. The lowest BCUT2D eigenvalue weighted by Crippen LogP contribution is -2.32. The maximum atomic E-state index is 12.0. The van der Waals surface area contributed by atoms with Crippen LogP contribution in [0.1, 0.15) is 5.56 Å². The lowest BCUT2D eigenvalue weighted by Gasteiger charge is -2.26. The van der Waals surface area contributed by atoms with Crippen LogP contribution >= 0.6 is 23.1 Å². The van der Waals surface area contributed by atoms with E-state index in [1.165, 1.54) is 11.3 Å². The van der Waals surface area contributed by atoms with Gasteiger partial charge in [0.25, 0.3) is 0 Å². The Morgan fingerprint density at radius 2 is 2.12 bits per heavy atom. The minimum atomic E-state index is 0.0811. The summed E-state index contributed by atoms with van der Waals surface area (Å²) in [5.41, 5.74) is 1.89. The molecule has 1 fully saturated rings. The second kappa shape index (κ2) is 4.38. The molecule has 0 aromatic carbocycles. The Labute approximate surface area is 107 Å². The number of rotatable bonds is 1. The Kier molecular flexibility index (Phi) is 2.88. The first-order chi connectivity index (χ1) is 8.25. The van der Waals surface area contributed by atoms with Crippen molar-refractivity contribution < 1.29 is 4.42 Å². The third-order valence-corrected chi connectivity index (χ3v) is 4.96. The Morgan fingerprint density at radius 3 is 2.88 bits per heavy atom. The third-order valence-electron chi connectivity index (χ3n) is 2.93. The van der Waals surface area contributed by atoms with Crippen molar-refractivity contribution in [3.05, 3.63) is 27.2 Å². The molecule has 1 aliphatic rings. The van der Waals surface area contributed by atoms with Crippen LogP contribution in [0.4, 0.5) is 5.88 Å². The van der Waals surface area contributed by atoms with E-state index in [1.54, 1.807) is 6.07 Å². The lowest BCUT2D eigenvalue weighted by atomic mass is 10.3. The van der Waals surface area contributed by atoms with Gasteiger partial charge in [-0.15, -0.1) is 11.3 Å². The quantitative estimate of drug-likeness (QED) is 0.795. The molecule has 3 nitrogen and oxygen atoms in total. The number of anilines is 1. The molecule has 0 atom stereocenters. The molecule has 3 heterocycles. The van der Waals surface area contributed by atoms with Crippen molar-refractivity contribution in [2.45, 2.75) is 6.92 Å². The fourth-order valence-corrected chi connectivity index (χ4v) is 3.77. The van der Waals surface area contributed by atoms with Gasteiger partial charge in [0.1, 0.15) is 4.70 Å². The zero-order chi connectivity index (χ0) is 11.8. The lowest BCUT2D eigenvalue weighted by molar-refractivity contribution is 0.576. The summed E-state index contributed by atoms with van der Waals surface area (Å²) in [6, 6.07) is 1.63. The van der Waals surface area contributed by atoms with Gasteiger partial charge in [-0.05, 0) is 12.3 Å². The first kappa shape index (κ1) is 11.2. The summed E-state index contributed by atoms with van der Waals surface area (Å²) >= 11 is 3.41. The summed E-state index contributed by atoms with van der Waals surface area (Å²) in [5, 5.41) is 1.98. The van der Waals surface area contributed by atoms with Crippen molar-refractivity contribution in [3.63, 3.8) is 0 Å². The van der Waals surface area contributed by atoms with E-state index in [1.807, 2.05) is 24.1 Å². The van der Waals surface area contributed by atoms with Crippen molar-refractivity contribution in [3.8, 4) is 0 Å². The Balaban J connectivity index is 2.10. The summed E-state index contributed by atoms with van der Waals surface area (Å²) < 4.78 is 6.61. The highest BCUT2D eigenvalue weighted by molar-refractivity contribution is 7.99. The molecule has 1 aliphatic heterocycles. The van der Waals surface area contributed by atoms with Crippen LogP contribution in [0.5, 0.6) is 0 Å². The Bertz CT molecular complexity index is 596. The minimum Gasteiger partial charge on any atom is -0.439 e. The molecule has 1 saturated heterocycles. The highest BCUT2D eigenvalue weighted by Crippen LogP contribution is 2.27. The molecule has 17 heavy (non-hydrogen) atoms. The topological polar surface area (TPSA) is 33.5 Å². The van der Waals surface area contributed by atoms with Gasteiger partial charge in [0.15, 0.2) is 11.5 Å². The predicted octanol–water partition coefficient (Wildman–Crippen LogP) is 2.72. The highest BCUT2D eigenvalue weighted by atomic mass is 32.2. The van der Waals surface area contributed by atoms with Crippen LogP contribution in [-0.2, 0) is 0 Å². The highest BCUT2D eigenvalue weighted by Gasteiger charge is 2.16. The number of thioether (sulfide) groups is 1. The van der Waals surface area contributed by atoms with Crippen LogP contribution < -0.4 is 10.3 Å². The Hall–Kier alpha value is -0.940. The first-order valence-electron chi connectivity index (χ1n) is 5.60. The molecule has 5 heteroatoms. The van der Waals surface area contributed by atoms with Crippen molar-refractivity contribution in [1.82, 2.24) is 0 Å². The smallest absolute Gasteiger partial charge is 0.204 e. The van der Waals surface area contributed by atoms with Crippen molar-refractivity contribution in [2.75, 3.05) is 29.5 Å². The van der Waals surface area contributed by atoms with E-state index in [-0.39, 0.29) is 5.43 Å². The molecule has 3 rings (SSSR count).